The maximum Gasteiger partial charge on any atom is 0.409 e. The quantitative estimate of drug-likeness (QED) is 0.612. The Hall–Kier alpha value is -0.850. The highest BCUT2D eigenvalue weighted by atomic mass is 16.6. The summed E-state index contributed by atoms with van der Waals surface area (Å²) in [5.74, 6) is 0. The van der Waals surface area contributed by atoms with Crippen molar-refractivity contribution >= 4 is 6.09 Å². The van der Waals surface area contributed by atoms with Gasteiger partial charge in [0.15, 0.2) is 0 Å². The minimum absolute atomic E-state index is 0.228. The van der Waals surface area contributed by atoms with E-state index < -0.39 is 6.10 Å². The number of carbonyl (C=O) groups is 1. The number of piperidine rings is 1. The van der Waals surface area contributed by atoms with Gasteiger partial charge in [-0.15, -0.1) is 0 Å². The van der Waals surface area contributed by atoms with Crippen molar-refractivity contribution in [3.8, 4) is 0 Å². The molecule has 0 aromatic rings. The smallest absolute Gasteiger partial charge is 0.409 e. The monoisotopic (exact) mass is 246 g/mol. The van der Waals surface area contributed by atoms with Crippen LogP contribution in [0.15, 0.2) is 0 Å². The van der Waals surface area contributed by atoms with Gasteiger partial charge in [-0.2, -0.15) is 0 Å². The first-order chi connectivity index (χ1) is 8.17. The van der Waals surface area contributed by atoms with Gasteiger partial charge in [-0.25, -0.2) is 4.79 Å². The fourth-order valence-corrected chi connectivity index (χ4v) is 1.85. The number of hydrogen-bond donors (Lipinski definition) is 3. The predicted molar refractivity (Wildman–Crippen MR) is 62.7 cm³/mol. The van der Waals surface area contributed by atoms with Crippen LogP contribution in [0.3, 0.4) is 0 Å². The standard InChI is InChI=1S/C11H22N2O4/c1-2-17-11(16)13-5-3-9(4-6-13)12-7-10(15)8-14/h9-10,12,14-15H,2-8H2,1H3/t10-/m1/s1. The van der Waals surface area contributed by atoms with Crippen LogP contribution in [0.25, 0.3) is 0 Å². The molecule has 6 nitrogen and oxygen atoms in total. The van der Waals surface area contributed by atoms with Gasteiger partial charge in [0.1, 0.15) is 0 Å². The summed E-state index contributed by atoms with van der Waals surface area (Å²) in [4.78, 5) is 13.1. The molecule has 1 aliphatic heterocycles. The molecule has 17 heavy (non-hydrogen) atoms. The van der Waals surface area contributed by atoms with Crippen molar-refractivity contribution in [3.63, 3.8) is 0 Å². The number of rotatable bonds is 5. The molecule has 1 rings (SSSR count). The largest absolute Gasteiger partial charge is 0.450 e. The molecule has 100 valence electrons. The van der Waals surface area contributed by atoms with Gasteiger partial charge >= 0.3 is 6.09 Å². The van der Waals surface area contributed by atoms with E-state index in [1.165, 1.54) is 0 Å². The summed E-state index contributed by atoms with van der Waals surface area (Å²) < 4.78 is 4.93. The van der Waals surface area contributed by atoms with Crippen molar-refractivity contribution < 1.29 is 19.7 Å². The fraction of sp³-hybridized carbons (Fsp3) is 0.909. The second-order valence-electron chi connectivity index (χ2n) is 4.20. The number of likely N-dealkylation sites (tertiary alicyclic amines) is 1. The molecule has 0 saturated carbocycles. The highest BCUT2D eigenvalue weighted by molar-refractivity contribution is 5.67. The number of nitrogens with zero attached hydrogens (tertiary/aromatic N) is 1. The highest BCUT2D eigenvalue weighted by Crippen LogP contribution is 2.11. The van der Waals surface area contributed by atoms with Gasteiger partial charge in [0.05, 0.1) is 19.3 Å². The molecule has 0 radical (unpaired) electrons. The molecule has 0 unspecified atom stereocenters. The SMILES string of the molecule is CCOC(=O)N1CCC(NC[C@@H](O)CO)CC1. The third-order valence-corrected chi connectivity index (χ3v) is 2.87. The lowest BCUT2D eigenvalue weighted by Crippen LogP contribution is -2.47. The first-order valence-corrected chi connectivity index (χ1v) is 6.11. The molecule has 3 N–H and O–H groups in total. The Morgan fingerprint density at radius 1 is 1.53 bits per heavy atom. The van der Waals surface area contributed by atoms with Crippen molar-refractivity contribution in [1.82, 2.24) is 10.2 Å². The van der Waals surface area contributed by atoms with Gasteiger partial charge in [-0.1, -0.05) is 0 Å². The Labute approximate surface area is 102 Å². The van der Waals surface area contributed by atoms with E-state index in [0.29, 0.717) is 32.3 Å². The molecule has 0 bridgehead atoms. The Balaban J connectivity index is 2.19. The van der Waals surface area contributed by atoms with Crippen LogP contribution in [0.2, 0.25) is 0 Å². The number of aliphatic hydroxyl groups is 2. The highest BCUT2D eigenvalue weighted by Gasteiger charge is 2.23. The minimum Gasteiger partial charge on any atom is -0.450 e. The van der Waals surface area contributed by atoms with Crippen molar-refractivity contribution in [2.24, 2.45) is 0 Å². The van der Waals surface area contributed by atoms with Crippen LogP contribution in [-0.4, -0.2) is 66.2 Å². The second-order valence-corrected chi connectivity index (χ2v) is 4.20. The number of amides is 1. The molecule has 0 aliphatic carbocycles. The van der Waals surface area contributed by atoms with E-state index in [-0.39, 0.29) is 12.7 Å². The molecule has 1 fully saturated rings. The zero-order valence-electron chi connectivity index (χ0n) is 10.3. The van der Waals surface area contributed by atoms with Crippen molar-refractivity contribution in [2.75, 3.05) is 32.8 Å². The summed E-state index contributed by atoms with van der Waals surface area (Å²) in [5.41, 5.74) is 0. The van der Waals surface area contributed by atoms with Crippen LogP contribution >= 0.6 is 0 Å². The van der Waals surface area contributed by atoms with E-state index in [0.717, 1.165) is 12.8 Å². The number of ether oxygens (including phenoxy) is 1. The van der Waals surface area contributed by atoms with Gasteiger partial charge in [0.2, 0.25) is 0 Å². The molecule has 6 heteroatoms. The molecule has 1 saturated heterocycles. The Bertz CT molecular complexity index is 230. The van der Waals surface area contributed by atoms with E-state index in [4.69, 9.17) is 9.84 Å². The van der Waals surface area contributed by atoms with Crippen LogP contribution in [0, 0.1) is 0 Å². The third-order valence-electron chi connectivity index (χ3n) is 2.87. The minimum atomic E-state index is -0.710. The van der Waals surface area contributed by atoms with E-state index in [1.54, 1.807) is 11.8 Å². The van der Waals surface area contributed by atoms with E-state index in [1.807, 2.05) is 0 Å². The number of aliphatic hydroxyl groups excluding tert-OH is 2. The number of nitrogens with one attached hydrogen (secondary N) is 1. The summed E-state index contributed by atoms with van der Waals surface area (Å²) in [7, 11) is 0. The molecule has 1 heterocycles. The number of carbonyl (C=O) groups excluding carboxylic acids is 1. The average Bonchev–Trinajstić information content (AvgIpc) is 2.36. The molecular formula is C11H22N2O4. The zero-order chi connectivity index (χ0) is 12.7. The van der Waals surface area contributed by atoms with Crippen LogP contribution in [-0.2, 0) is 4.74 Å². The van der Waals surface area contributed by atoms with E-state index in [9.17, 15) is 9.90 Å². The Morgan fingerprint density at radius 2 is 2.18 bits per heavy atom. The van der Waals surface area contributed by atoms with E-state index >= 15 is 0 Å². The first kappa shape index (κ1) is 14.2. The van der Waals surface area contributed by atoms with Crippen molar-refractivity contribution in [3.05, 3.63) is 0 Å². The summed E-state index contributed by atoms with van der Waals surface area (Å²) in [5, 5.41) is 21.1. The maximum atomic E-state index is 11.4. The zero-order valence-corrected chi connectivity index (χ0v) is 10.3. The Kier molecular flexibility index (Phi) is 6.25. The molecule has 0 spiro atoms. The third kappa shape index (κ3) is 4.89. The number of hydrogen-bond acceptors (Lipinski definition) is 5. The maximum absolute atomic E-state index is 11.4. The second kappa shape index (κ2) is 7.47. The summed E-state index contributed by atoms with van der Waals surface area (Å²) >= 11 is 0. The normalized spacial score (nSPS) is 19.1. The fourth-order valence-electron chi connectivity index (χ4n) is 1.85. The molecule has 1 amide bonds. The van der Waals surface area contributed by atoms with Crippen LogP contribution < -0.4 is 5.32 Å². The van der Waals surface area contributed by atoms with Crippen LogP contribution in [0.5, 0.6) is 0 Å². The van der Waals surface area contributed by atoms with Crippen LogP contribution in [0.1, 0.15) is 19.8 Å². The summed E-state index contributed by atoms with van der Waals surface area (Å²) in [6.07, 6.45) is 0.730. The summed E-state index contributed by atoms with van der Waals surface area (Å²) in [6, 6.07) is 0.293. The lowest BCUT2D eigenvalue weighted by molar-refractivity contribution is 0.0810. The van der Waals surface area contributed by atoms with Gasteiger partial charge in [0.25, 0.3) is 0 Å². The molecule has 0 aromatic heterocycles. The summed E-state index contributed by atoms with van der Waals surface area (Å²) in [6.45, 7) is 3.70. The molecule has 1 atom stereocenters. The molecule has 1 aliphatic rings. The van der Waals surface area contributed by atoms with Gasteiger partial charge in [0, 0.05) is 25.7 Å². The van der Waals surface area contributed by atoms with Gasteiger partial charge in [-0.3, -0.25) is 0 Å². The van der Waals surface area contributed by atoms with Gasteiger partial charge < -0.3 is 25.2 Å². The molecule has 0 aromatic carbocycles. The van der Waals surface area contributed by atoms with Crippen molar-refractivity contribution in [1.29, 1.82) is 0 Å². The predicted octanol–water partition coefficient (Wildman–Crippen LogP) is -0.450. The lowest BCUT2D eigenvalue weighted by Gasteiger charge is -2.32. The topological polar surface area (TPSA) is 82.0 Å². The Morgan fingerprint density at radius 3 is 2.71 bits per heavy atom. The van der Waals surface area contributed by atoms with Crippen molar-refractivity contribution in [2.45, 2.75) is 31.9 Å². The van der Waals surface area contributed by atoms with E-state index in [2.05, 4.69) is 5.32 Å². The lowest BCUT2D eigenvalue weighted by atomic mass is 10.1. The average molecular weight is 246 g/mol. The van der Waals surface area contributed by atoms with Crippen LogP contribution in [0.4, 0.5) is 4.79 Å². The first-order valence-electron chi connectivity index (χ1n) is 6.11. The molecular weight excluding hydrogens is 224 g/mol. The van der Waals surface area contributed by atoms with Gasteiger partial charge in [-0.05, 0) is 19.8 Å².